The van der Waals surface area contributed by atoms with Crippen LogP contribution in [-0.2, 0) is 4.79 Å². The molecule has 1 aromatic carbocycles. The Morgan fingerprint density at radius 1 is 1.26 bits per heavy atom. The molecule has 0 radical (unpaired) electrons. The number of nitrogens with zero attached hydrogens (tertiary/aromatic N) is 2. The first-order valence-electron chi connectivity index (χ1n) is 8.36. The molecule has 0 spiro atoms. The van der Waals surface area contributed by atoms with Gasteiger partial charge in [-0.15, -0.1) is 0 Å². The highest BCUT2D eigenvalue weighted by molar-refractivity contribution is 7.99. The highest BCUT2D eigenvalue weighted by atomic mass is 32.2. The lowest BCUT2D eigenvalue weighted by Crippen LogP contribution is -2.48. The molecule has 0 saturated carbocycles. The zero-order chi connectivity index (χ0) is 16.4. The van der Waals surface area contributed by atoms with Gasteiger partial charge in [-0.25, -0.2) is 4.98 Å². The molecule has 122 valence electrons. The van der Waals surface area contributed by atoms with Gasteiger partial charge in [-0.1, -0.05) is 30.0 Å². The van der Waals surface area contributed by atoms with Crippen molar-refractivity contribution in [2.75, 3.05) is 5.75 Å². The zero-order valence-corrected chi connectivity index (χ0v) is 14.9. The van der Waals surface area contributed by atoms with E-state index in [0.29, 0.717) is 17.8 Å². The van der Waals surface area contributed by atoms with Gasteiger partial charge in [0, 0.05) is 17.5 Å². The smallest absolute Gasteiger partial charge is 0.233 e. The van der Waals surface area contributed by atoms with E-state index < -0.39 is 0 Å². The Balaban J connectivity index is 1.71. The fourth-order valence-corrected chi connectivity index (χ4v) is 4.36. The molecular weight excluding hydrogens is 304 g/mol. The molecule has 4 heteroatoms. The topological polar surface area (TPSA) is 33.2 Å². The molecule has 1 aliphatic heterocycles. The molecule has 3 rings (SSSR count). The number of likely N-dealkylation sites (tertiary alicyclic amines) is 1. The monoisotopic (exact) mass is 328 g/mol. The quantitative estimate of drug-likeness (QED) is 0.782. The van der Waals surface area contributed by atoms with Crippen LogP contribution in [0, 0.1) is 6.92 Å². The van der Waals surface area contributed by atoms with Crippen molar-refractivity contribution in [1.29, 1.82) is 0 Å². The number of aryl methyl sites for hydroxylation is 1. The van der Waals surface area contributed by atoms with E-state index in [4.69, 9.17) is 0 Å². The standard InChI is InChI=1S/C19H24N2OS/c1-13-11-18(20-17-10-5-4-9-16(13)17)23-12-19(22)21-14(2)7-6-8-15(21)3/h4-5,9-11,14-15H,6-8,12H2,1-3H3. The summed E-state index contributed by atoms with van der Waals surface area (Å²) < 4.78 is 0. The molecule has 0 bridgehead atoms. The summed E-state index contributed by atoms with van der Waals surface area (Å²) in [6, 6.07) is 11.0. The molecule has 2 unspecified atom stereocenters. The molecular formula is C19H24N2OS. The van der Waals surface area contributed by atoms with E-state index in [2.05, 4.69) is 42.8 Å². The van der Waals surface area contributed by atoms with Crippen LogP contribution in [-0.4, -0.2) is 33.6 Å². The summed E-state index contributed by atoms with van der Waals surface area (Å²) >= 11 is 1.55. The summed E-state index contributed by atoms with van der Waals surface area (Å²) in [4.78, 5) is 19.4. The maximum absolute atomic E-state index is 12.6. The number of hydrogen-bond acceptors (Lipinski definition) is 3. The van der Waals surface area contributed by atoms with Crippen molar-refractivity contribution in [3.05, 3.63) is 35.9 Å². The fourth-order valence-electron chi connectivity index (χ4n) is 3.52. The Hall–Kier alpha value is -1.55. The number of aromatic nitrogens is 1. The first kappa shape index (κ1) is 16.3. The molecule has 2 atom stereocenters. The van der Waals surface area contributed by atoms with E-state index in [1.165, 1.54) is 17.4 Å². The van der Waals surface area contributed by atoms with Crippen molar-refractivity contribution in [1.82, 2.24) is 9.88 Å². The van der Waals surface area contributed by atoms with Gasteiger partial charge >= 0.3 is 0 Å². The lowest BCUT2D eigenvalue weighted by molar-refractivity contribution is -0.134. The largest absolute Gasteiger partial charge is 0.337 e. The van der Waals surface area contributed by atoms with Crippen LogP contribution >= 0.6 is 11.8 Å². The number of pyridine rings is 1. The predicted octanol–water partition coefficient (Wildman–Crippen LogP) is 4.42. The van der Waals surface area contributed by atoms with Gasteiger partial charge in [-0.2, -0.15) is 0 Å². The molecule has 1 amide bonds. The molecule has 3 nitrogen and oxygen atoms in total. The van der Waals surface area contributed by atoms with Crippen molar-refractivity contribution in [3.8, 4) is 0 Å². The van der Waals surface area contributed by atoms with Gasteiger partial charge in [-0.05, 0) is 57.7 Å². The molecule has 1 saturated heterocycles. The predicted molar refractivity (Wildman–Crippen MR) is 96.8 cm³/mol. The van der Waals surface area contributed by atoms with Crippen molar-refractivity contribution < 1.29 is 4.79 Å². The van der Waals surface area contributed by atoms with E-state index in [1.54, 1.807) is 11.8 Å². The summed E-state index contributed by atoms with van der Waals surface area (Å²) in [6.07, 6.45) is 3.47. The third-order valence-electron chi connectivity index (χ3n) is 4.72. The van der Waals surface area contributed by atoms with Gasteiger partial charge < -0.3 is 4.90 Å². The lowest BCUT2D eigenvalue weighted by Gasteiger charge is -2.39. The fraction of sp³-hybridized carbons (Fsp3) is 0.474. The second-order valence-electron chi connectivity index (χ2n) is 6.51. The summed E-state index contributed by atoms with van der Waals surface area (Å²) in [5, 5.41) is 2.12. The molecule has 23 heavy (non-hydrogen) atoms. The Morgan fingerprint density at radius 2 is 1.96 bits per heavy atom. The Kier molecular flexibility index (Phi) is 4.90. The van der Waals surface area contributed by atoms with E-state index >= 15 is 0 Å². The number of carbonyl (C=O) groups excluding carboxylic acids is 1. The van der Waals surface area contributed by atoms with Gasteiger partial charge in [0.15, 0.2) is 0 Å². The molecule has 0 aliphatic carbocycles. The maximum Gasteiger partial charge on any atom is 0.233 e. The van der Waals surface area contributed by atoms with Crippen molar-refractivity contribution >= 4 is 28.6 Å². The van der Waals surface area contributed by atoms with Crippen LogP contribution in [0.4, 0.5) is 0 Å². The van der Waals surface area contributed by atoms with Crippen LogP contribution in [0.3, 0.4) is 0 Å². The SMILES string of the molecule is Cc1cc(SCC(=O)N2C(C)CCCC2C)nc2ccccc12. The number of piperidine rings is 1. The Bertz CT molecular complexity index is 706. The van der Waals surface area contributed by atoms with Crippen LogP contribution in [0.2, 0.25) is 0 Å². The molecule has 2 aromatic rings. The van der Waals surface area contributed by atoms with Crippen LogP contribution in [0.5, 0.6) is 0 Å². The number of benzene rings is 1. The first-order valence-corrected chi connectivity index (χ1v) is 9.35. The van der Waals surface area contributed by atoms with Crippen LogP contribution in [0.15, 0.2) is 35.4 Å². The molecule has 1 fully saturated rings. The maximum atomic E-state index is 12.6. The number of thioether (sulfide) groups is 1. The minimum absolute atomic E-state index is 0.238. The Labute approximate surface area is 142 Å². The highest BCUT2D eigenvalue weighted by Crippen LogP contribution is 2.26. The zero-order valence-electron chi connectivity index (χ0n) is 14.1. The van der Waals surface area contributed by atoms with Gasteiger partial charge in [0.05, 0.1) is 16.3 Å². The van der Waals surface area contributed by atoms with Crippen molar-refractivity contribution in [2.45, 2.75) is 57.1 Å². The van der Waals surface area contributed by atoms with E-state index in [9.17, 15) is 4.79 Å². The van der Waals surface area contributed by atoms with Crippen LogP contribution < -0.4 is 0 Å². The number of fused-ring (bicyclic) bond motifs is 1. The summed E-state index contributed by atoms with van der Waals surface area (Å²) in [5.41, 5.74) is 2.22. The third-order valence-corrected chi connectivity index (χ3v) is 5.62. The number of carbonyl (C=O) groups is 1. The van der Waals surface area contributed by atoms with E-state index in [0.717, 1.165) is 23.4 Å². The Morgan fingerprint density at radius 3 is 2.70 bits per heavy atom. The van der Waals surface area contributed by atoms with E-state index in [1.807, 2.05) is 18.2 Å². The average Bonchev–Trinajstić information content (AvgIpc) is 2.53. The molecule has 2 heterocycles. The lowest BCUT2D eigenvalue weighted by atomic mass is 9.98. The van der Waals surface area contributed by atoms with E-state index in [-0.39, 0.29) is 5.91 Å². The minimum Gasteiger partial charge on any atom is -0.337 e. The molecule has 1 aliphatic rings. The first-order chi connectivity index (χ1) is 11.1. The molecule has 1 aromatic heterocycles. The number of hydrogen-bond donors (Lipinski definition) is 0. The van der Waals surface area contributed by atoms with Crippen LogP contribution in [0.25, 0.3) is 10.9 Å². The average molecular weight is 328 g/mol. The normalized spacial score (nSPS) is 21.6. The second kappa shape index (κ2) is 6.91. The van der Waals surface area contributed by atoms with Crippen molar-refractivity contribution in [3.63, 3.8) is 0 Å². The summed E-state index contributed by atoms with van der Waals surface area (Å²) in [7, 11) is 0. The van der Waals surface area contributed by atoms with Crippen molar-refractivity contribution in [2.24, 2.45) is 0 Å². The minimum atomic E-state index is 0.238. The second-order valence-corrected chi connectivity index (χ2v) is 7.51. The number of rotatable bonds is 3. The highest BCUT2D eigenvalue weighted by Gasteiger charge is 2.28. The number of amides is 1. The van der Waals surface area contributed by atoms with Crippen LogP contribution in [0.1, 0.15) is 38.7 Å². The third kappa shape index (κ3) is 3.52. The molecule has 0 N–H and O–H groups in total. The number of para-hydroxylation sites is 1. The van der Waals surface area contributed by atoms with Gasteiger partial charge in [0.1, 0.15) is 0 Å². The summed E-state index contributed by atoms with van der Waals surface area (Å²) in [6.45, 7) is 6.43. The van der Waals surface area contributed by atoms with Gasteiger partial charge in [-0.3, -0.25) is 4.79 Å². The van der Waals surface area contributed by atoms with Gasteiger partial charge in [0.2, 0.25) is 5.91 Å². The van der Waals surface area contributed by atoms with Gasteiger partial charge in [0.25, 0.3) is 0 Å². The summed E-state index contributed by atoms with van der Waals surface area (Å²) in [5.74, 6) is 0.710.